The lowest BCUT2D eigenvalue weighted by Gasteiger charge is -2.26. The average molecular weight is 563 g/mol. The lowest BCUT2D eigenvalue weighted by atomic mass is 9.96. The summed E-state index contributed by atoms with van der Waals surface area (Å²) in [7, 11) is 0. The maximum Gasteiger partial charge on any atom is 0.153 e. The summed E-state index contributed by atoms with van der Waals surface area (Å²) in [6.07, 6.45) is 1.81. The van der Waals surface area contributed by atoms with E-state index in [4.69, 9.17) is 4.42 Å². The molecule has 0 unspecified atom stereocenters. The summed E-state index contributed by atoms with van der Waals surface area (Å²) in [6, 6.07) is 54.0. The monoisotopic (exact) mass is 562 g/mol. The van der Waals surface area contributed by atoms with Gasteiger partial charge < -0.3 is 9.32 Å². The number of furan rings is 1. The molecule has 0 atom stereocenters. The largest absolute Gasteiger partial charge is 0.454 e. The molecule has 0 aliphatic rings. The molecular formula is C41H26N2O. The lowest BCUT2D eigenvalue weighted by molar-refractivity contribution is 0.668. The number of anilines is 3. The first kappa shape index (κ1) is 24.6. The summed E-state index contributed by atoms with van der Waals surface area (Å²) >= 11 is 0. The second-order valence-electron chi connectivity index (χ2n) is 11.2. The smallest absolute Gasteiger partial charge is 0.153 e. The molecule has 2 heterocycles. The van der Waals surface area contributed by atoms with Crippen molar-refractivity contribution in [1.29, 1.82) is 0 Å². The summed E-state index contributed by atoms with van der Waals surface area (Å²) in [5.41, 5.74) is 8.06. The fourth-order valence-corrected chi connectivity index (χ4v) is 6.55. The van der Waals surface area contributed by atoms with Gasteiger partial charge in [0.1, 0.15) is 11.1 Å². The lowest BCUT2D eigenvalue weighted by Crippen LogP contribution is -2.09. The Kier molecular flexibility index (Phi) is 5.50. The van der Waals surface area contributed by atoms with Crippen LogP contribution in [0.4, 0.5) is 17.1 Å². The fraction of sp³-hybridized carbons (Fsp3) is 0. The predicted molar refractivity (Wildman–Crippen MR) is 184 cm³/mol. The summed E-state index contributed by atoms with van der Waals surface area (Å²) < 4.78 is 6.27. The van der Waals surface area contributed by atoms with Crippen molar-refractivity contribution in [2.75, 3.05) is 4.90 Å². The predicted octanol–water partition coefficient (Wildman–Crippen LogP) is 11.6. The van der Waals surface area contributed by atoms with Crippen LogP contribution >= 0.6 is 0 Å². The zero-order chi connectivity index (χ0) is 29.0. The van der Waals surface area contributed by atoms with E-state index in [0.717, 1.165) is 39.1 Å². The first-order chi connectivity index (χ1) is 21.8. The van der Waals surface area contributed by atoms with E-state index in [0.29, 0.717) is 0 Å². The molecule has 9 rings (SSSR count). The first-order valence-electron chi connectivity index (χ1n) is 14.9. The van der Waals surface area contributed by atoms with E-state index >= 15 is 0 Å². The van der Waals surface area contributed by atoms with E-state index < -0.39 is 0 Å². The molecule has 7 aromatic carbocycles. The molecule has 206 valence electrons. The van der Waals surface area contributed by atoms with Gasteiger partial charge in [-0.05, 0) is 92.0 Å². The van der Waals surface area contributed by atoms with Crippen LogP contribution in [-0.4, -0.2) is 4.98 Å². The Morgan fingerprint density at radius 2 is 1.05 bits per heavy atom. The van der Waals surface area contributed by atoms with Crippen molar-refractivity contribution in [3.8, 4) is 11.1 Å². The number of hydrogen-bond acceptors (Lipinski definition) is 3. The van der Waals surface area contributed by atoms with Gasteiger partial charge in [-0.15, -0.1) is 0 Å². The Morgan fingerprint density at radius 1 is 0.409 bits per heavy atom. The second kappa shape index (κ2) is 9.82. The molecular weight excluding hydrogens is 536 g/mol. The second-order valence-corrected chi connectivity index (χ2v) is 11.2. The molecule has 0 radical (unpaired) electrons. The Hall–Kier alpha value is -5.93. The van der Waals surface area contributed by atoms with Crippen molar-refractivity contribution in [2.45, 2.75) is 0 Å². The van der Waals surface area contributed by atoms with E-state index in [9.17, 15) is 0 Å². The van der Waals surface area contributed by atoms with Crippen molar-refractivity contribution < 1.29 is 4.42 Å². The number of fused-ring (bicyclic) bond motifs is 8. The molecule has 0 bridgehead atoms. The zero-order valence-corrected chi connectivity index (χ0v) is 23.8. The third-order valence-corrected chi connectivity index (χ3v) is 8.69. The van der Waals surface area contributed by atoms with Crippen LogP contribution in [0.5, 0.6) is 0 Å². The molecule has 3 heteroatoms. The van der Waals surface area contributed by atoms with Crippen LogP contribution in [0.25, 0.3) is 65.5 Å². The number of pyridine rings is 1. The van der Waals surface area contributed by atoms with Gasteiger partial charge in [-0.25, -0.2) is 0 Å². The maximum absolute atomic E-state index is 6.27. The SMILES string of the molecule is c1ccc(-c2ccc(N(c3ccc4c(c3)oc3cccnc34)c3ccc4ccc5c6ccccc6ccc5c4c3)cc2)cc1. The number of benzene rings is 7. The number of aromatic nitrogens is 1. The summed E-state index contributed by atoms with van der Waals surface area (Å²) in [5.74, 6) is 0. The van der Waals surface area contributed by atoms with Crippen molar-refractivity contribution in [1.82, 2.24) is 4.98 Å². The van der Waals surface area contributed by atoms with Crippen molar-refractivity contribution in [3.63, 3.8) is 0 Å². The molecule has 2 aromatic heterocycles. The standard InChI is InChI=1S/C41H26N2O/c1-2-7-27(8-3-1)28-12-17-31(18-13-28)43(33-20-23-37-40(26-33)44-39-11-6-24-42-41(37)39)32-19-14-30-16-21-35-34-10-5-4-9-29(34)15-22-36(35)38(30)25-32/h1-26H. The molecule has 0 spiro atoms. The molecule has 0 saturated carbocycles. The van der Waals surface area contributed by atoms with Gasteiger partial charge in [0.25, 0.3) is 0 Å². The molecule has 0 aliphatic heterocycles. The van der Waals surface area contributed by atoms with E-state index in [1.54, 1.807) is 0 Å². The average Bonchev–Trinajstić information content (AvgIpc) is 3.47. The summed E-state index contributed by atoms with van der Waals surface area (Å²) in [6.45, 7) is 0. The number of rotatable bonds is 4. The molecule has 0 amide bonds. The third kappa shape index (κ3) is 3.94. The minimum atomic E-state index is 0.794. The number of hydrogen-bond donors (Lipinski definition) is 0. The van der Waals surface area contributed by atoms with Crippen LogP contribution in [0.3, 0.4) is 0 Å². The van der Waals surface area contributed by atoms with Gasteiger partial charge in [0.2, 0.25) is 0 Å². The van der Waals surface area contributed by atoms with Crippen molar-refractivity contribution in [2.24, 2.45) is 0 Å². The highest BCUT2D eigenvalue weighted by atomic mass is 16.3. The van der Waals surface area contributed by atoms with Crippen LogP contribution in [0.15, 0.2) is 162 Å². The van der Waals surface area contributed by atoms with Gasteiger partial charge in [0.15, 0.2) is 5.58 Å². The molecule has 0 fully saturated rings. The topological polar surface area (TPSA) is 29.3 Å². The Bertz CT molecular complexity index is 2490. The normalized spacial score (nSPS) is 11.6. The molecule has 0 aliphatic carbocycles. The first-order valence-corrected chi connectivity index (χ1v) is 14.9. The van der Waals surface area contributed by atoms with Crippen molar-refractivity contribution in [3.05, 3.63) is 158 Å². The highest BCUT2D eigenvalue weighted by molar-refractivity contribution is 6.18. The van der Waals surface area contributed by atoms with E-state index in [-0.39, 0.29) is 0 Å². The Morgan fingerprint density at radius 3 is 1.91 bits per heavy atom. The quantitative estimate of drug-likeness (QED) is 0.200. The van der Waals surface area contributed by atoms with Crippen LogP contribution in [0.1, 0.15) is 0 Å². The summed E-state index contributed by atoms with van der Waals surface area (Å²) in [4.78, 5) is 6.89. The molecule has 44 heavy (non-hydrogen) atoms. The molecule has 0 N–H and O–H groups in total. The van der Waals surface area contributed by atoms with Crippen LogP contribution < -0.4 is 4.90 Å². The maximum atomic E-state index is 6.27. The highest BCUT2D eigenvalue weighted by Gasteiger charge is 2.17. The van der Waals surface area contributed by atoms with E-state index in [2.05, 4.69) is 149 Å². The van der Waals surface area contributed by atoms with Crippen LogP contribution in [0.2, 0.25) is 0 Å². The zero-order valence-electron chi connectivity index (χ0n) is 23.8. The molecule has 0 saturated heterocycles. The fourth-order valence-electron chi connectivity index (χ4n) is 6.55. The summed E-state index contributed by atoms with van der Waals surface area (Å²) in [5, 5.41) is 8.50. The third-order valence-electron chi connectivity index (χ3n) is 8.69. The minimum absolute atomic E-state index is 0.794. The molecule has 3 nitrogen and oxygen atoms in total. The Labute approximate surface area is 254 Å². The van der Waals surface area contributed by atoms with Gasteiger partial charge >= 0.3 is 0 Å². The van der Waals surface area contributed by atoms with Gasteiger partial charge in [-0.1, -0.05) is 97.1 Å². The number of nitrogens with zero attached hydrogens (tertiary/aromatic N) is 2. The Balaban J connectivity index is 1.25. The van der Waals surface area contributed by atoms with E-state index in [1.165, 1.54) is 43.4 Å². The van der Waals surface area contributed by atoms with Crippen LogP contribution in [-0.2, 0) is 0 Å². The van der Waals surface area contributed by atoms with Crippen molar-refractivity contribution >= 4 is 71.4 Å². The highest BCUT2D eigenvalue weighted by Crippen LogP contribution is 2.41. The van der Waals surface area contributed by atoms with Gasteiger partial charge in [0.05, 0.1) is 0 Å². The van der Waals surface area contributed by atoms with Crippen LogP contribution in [0, 0.1) is 0 Å². The molecule has 9 aromatic rings. The minimum Gasteiger partial charge on any atom is -0.454 e. The van der Waals surface area contributed by atoms with E-state index in [1.807, 2.05) is 18.3 Å². The van der Waals surface area contributed by atoms with Gasteiger partial charge in [-0.2, -0.15) is 0 Å². The van der Waals surface area contributed by atoms with Gasteiger partial charge in [0, 0.05) is 34.7 Å². The van der Waals surface area contributed by atoms with Gasteiger partial charge in [-0.3, -0.25) is 4.98 Å².